The third-order valence-electron chi connectivity index (χ3n) is 4.16. The van der Waals surface area contributed by atoms with Gasteiger partial charge in [-0.15, -0.1) is 0 Å². The summed E-state index contributed by atoms with van der Waals surface area (Å²) in [5.41, 5.74) is 2.20. The van der Waals surface area contributed by atoms with Crippen LogP contribution in [0.3, 0.4) is 0 Å². The maximum Gasteiger partial charge on any atom is 0.234 e. The molecule has 1 aromatic carbocycles. The molecule has 0 amide bonds. The van der Waals surface area contributed by atoms with Gasteiger partial charge in [-0.3, -0.25) is 0 Å². The lowest BCUT2D eigenvalue weighted by Gasteiger charge is -2.22. The van der Waals surface area contributed by atoms with Gasteiger partial charge in [-0.2, -0.15) is 4.98 Å². The van der Waals surface area contributed by atoms with Crippen LogP contribution in [-0.4, -0.2) is 17.3 Å². The van der Waals surface area contributed by atoms with Crippen LogP contribution in [0.25, 0.3) is 0 Å². The second-order valence-corrected chi connectivity index (χ2v) is 5.81. The van der Waals surface area contributed by atoms with E-state index in [1.54, 1.807) is 7.11 Å². The van der Waals surface area contributed by atoms with Gasteiger partial charge in [0.25, 0.3) is 0 Å². The van der Waals surface area contributed by atoms with Gasteiger partial charge < -0.3 is 9.26 Å². The van der Waals surface area contributed by atoms with Gasteiger partial charge in [0.05, 0.1) is 5.92 Å². The number of ether oxygens (including phenoxy) is 1. The Bertz CT molecular complexity index is 604. The third-order valence-corrected chi connectivity index (χ3v) is 4.16. The van der Waals surface area contributed by atoms with E-state index in [1.807, 2.05) is 13.8 Å². The lowest BCUT2D eigenvalue weighted by Crippen LogP contribution is -2.21. The van der Waals surface area contributed by atoms with Gasteiger partial charge in [0, 0.05) is 7.11 Å². The Kier molecular flexibility index (Phi) is 3.34. The first-order valence-corrected chi connectivity index (χ1v) is 7.09. The Balaban J connectivity index is 1.95. The molecule has 0 fully saturated rings. The number of hydrogen-bond donors (Lipinski definition) is 0. The molecule has 0 aliphatic heterocycles. The molecular weight excluding hydrogens is 252 g/mol. The first-order valence-electron chi connectivity index (χ1n) is 7.09. The summed E-state index contributed by atoms with van der Waals surface area (Å²) in [7, 11) is 1.66. The summed E-state index contributed by atoms with van der Waals surface area (Å²) in [6.07, 6.45) is 3.36. The number of hydrogen-bond acceptors (Lipinski definition) is 4. The molecule has 20 heavy (non-hydrogen) atoms. The van der Waals surface area contributed by atoms with Crippen molar-refractivity contribution >= 4 is 0 Å². The first-order chi connectivity index (χ1) is 9.62. The molecule has 4 heteroatoms. The van der Waals surface area contributed by atoms with Crippen LogP contribution in [0.2, 0.25) is 0 Å². The number of benzene rings is 1. The molecule has 4 nitrogen and oxygen atoms in total. The van der Waals surface area contributed by atoms with E-state index in [1.165, 1.54) is 11.1 Å². The molecule has 0 N–H and O–H groups in total. The predicted octanol–water partition coefficient (Wildman–Crippen LogP) is 3.42. The maximum atomic E-state index is 5.51. The normalized spacial score (nSPS) is 18.9. The molecule has 0 saturated heterocycles. The van der Waals surface area contributed by atoms with Crippen molar-refractivity contribution in [3.63, 3.8) is 0 Å². The van der Waals surface area contributed by atoms with Gasteiger partial charge in [-0.1, -0.05) is 29.4 Å². The van der Waals surface area contributed by atoms with Crippen LogP contribution < -0.4 is 0 Å². The number of methoxy groups -OCH3 is 1. The van der Waals surface area contributed by atoms with E-state index in [-0.39, 0.29) is 5.92 Å². The van der Waals surface area contributed by atoms with Crippen LogP contribution in [0.4, 0.5) is 0 Å². The summed E-state index contributed by atoms with van der Waals surface area (Å²) >= 11 is 0. The fraction of sp³-hybridized carbons (Fsp3) is 0.500. The lowest BCUT2D eigenvalue weighted by atomic mass is 9.83. The van der Waals surface area contributed by atoms with Crippen LogP contribution in [0.5, 0.6) is 0 Å². The first kappa shape index (κ1) is 13.3. The molecule has 1 heterocycles. The standard InChI is InChI=1S/C16H20N2O2/c1-16(2,19-3)15-17-14(20-18-15)13-10-6-8-11-7-4-5-9-12(11)13/h4-5,7,9,13H,6,8,10H2,1-3H3. The van der Waals surface area contributed by atoms with Crippen molar-refractivity contribution in [3.05, 3.63) is 47.1 Å². The number of nitrogens with zero attached hydrogens (tertiary/aromatic N) is 2. The minimum Gasteiger partial charge on any atom is -0.371 e. The minimum atomic E-state index is -0.518. The zero-order valence-electron chi connectivity index (χ0n) is 12.2. The topological polar surface area (TPSA) is 48.2 Å². The molecule has 2 aromatic rings. The van der Waals surface area contributed by atoms with Gasteiger partial charge in [-0.05, 0) is 44.2 Å². The second kappa shape index (κ2) is 5.02. The van der Waals surface area contributed by atoms with E-state index in [0.29, 0.717) is 11.7 Å². The van der Waals surface area contributed by atoms with Crippen molar-refractivity contribution in [2.75, 3.05) is 7.11 Å². The van der Waals surface area contributed by atoms with E-state index in [0.717, 1.165) is 19.3 Å². The Labute approximate surface area is 119 Å². The van der Waals surface area contributed by atoms with Crippen LogP contribution in [-0.2, 0) is 16.8 Å². The van der Waals surface area contributed by atoms with E-state index >= 15 is 0 Å². The van der Waals surface area contributed by atoms with Crippen molar-refractivity contribution in [2.45, 2.75) is 44.6 Å². The minimum absolute atomic E-state index is 0.217. The molecule has 1 atom stereocenters. The van der Waals surface area contributed by atoms with E-state index in [2.05, 4.69) is 34.4 Å². The zero-order chi connectivity index (χ0) is 14.2. The molecule has 1 aliphatic rings. The fourth-order valence-corrected chi connectivity index (χ4v) is 2.72. The molecule has 1 aromatic heterocycles. The van der Waals surface area contributed by atoms with E-state index < -0.39 is 5.60 Å². The van der Waals surface area contributed by atoms with Crippen molar-refractivity contribution in [3.8, 4) is 0 Å². The Morgan fingerprint density at radius 1 is 1.30 bits per heavy atom. The molecule has 106 valence electrons. The fourth-order valence-electron chi connectivity index (χ4n) is 2.72. The predicted molar refractivity (Wildman–Crippen MR) is 75.6 cm³/mol. The summed E-state index contributed by atoms with van der Waals surface area (Å²) < 4.78 is 10.9. The Hall–Kier alpha value is -1.68. The van der Waals surface area contributed by atoms with Crippen LogP contribution in [0.15, 0.2) is 28.8 Å². The highest BCUT2D eigenvalue weighted by Crippen LogP contribution is 2.36. The summed E-state index contributed by atoms with van der Waals surface area (Å²) in [5.74, 6) is 1.53. The van der Waals surface area contributed by atoms with Crippen molar-refractivity contribution in [1.29, 1.82) is 0 Å². The molecule has 0 spiro atoms. The number of fused-ring (bicyclic) bond motifs is 1. The second-order valence-electron chi connectivity index (χ2n) is 5.81. The summed E-state index contributed by atoms with van der Waals surface area (Å²) in [5, 5.41) is 4.10. The third kappa shape index (κ3) is 2.24. The van der Waals surface area contributed by atoms with Gasteiger partial charge in [0.15, 0.2) is 0 Å². The molecule has 1 aliphatic carbocycles. The molecule has 3 rings (SSSR count). The van der Waals surface area contributed by atoms with E-state index in [9.17, 15) is 0 Å². The molecule has 0 saturated carbocycles. The Morgan fingerprint density at radius 3 is 2.90 bits per heavy atom. The largest absolute Gasteiger partial charge is 0.371 e. The maximum absolute atomic E-state index is 5.51. The summed E-state index contributed by atoms with van der Waals surface area (Å²) in [6.45, 7) is 3.88. The van der Waals surface area contributed by atoms with Gasteiger partial charge in [0.2, 0.25) is 11.7 Å². The smallest absolute Gasteiger partial charge is 0.234 e. The van der Waals surface area contributed by atoms with Gasteiger partial charge in [0.1, 0.15) is 5.60 Å². The molecule has 1 unspecified atom stereocenters. The summed E-state index contributed by atoms with van der Waals surface area (Å²) in [6, 6.07) is 8.53. The van der Waals surface area contributed by atoms with Crippen molar-refractivity contribution in [1.82, 2.24) is 10.1 Å². The van der Waals surface area contributed by atoms with Gasteiger partial charge in [-0.25, -0.2) is 0 Å². The highest BCUT2D eigenvalue weighted by Gasteiger charge is 2.30. The van der Waals surface area contributed by atoms with Gasteiger partial charge >= 0.3 is 0 Å². The SMILES string of the molecule is COC(C)(C)c1noc(C2CCCc3ccccc32)n1. The summed E-state index contributed by atoms with van der Waals surface area (Å²) in [4.78, 5) is 4.57. The van der Waals surface area contributed by atoms with Crippen LogP contribution in [0.1, 0.15) is 55.4 Å². The highest BCUT2D eigenvalue weighted by molar-refractivity contribution is 5.35. The lowest BCUT2D eigenvalue weighted by molar-refractivity contribution is 0.00973. The Morgan fingerprint density at radius 2 is 2.10 bits per heavy atom. The molecular formula is C16H20N2O2. The quantitative estimate of drug-likeness (QED) is 0.859. The monoisotopic (exact) mass is 272 g/mol. The molecule has 0 radical (unpaired) electrons. The average molecular weight is 272 g/mol. The van der Waals surface area contributed by atoms with E-state index in [4.69, 9.17) is 9.26 Å². The van der Waals surface area contributed by atoms with Crippen LogP contribution >= 0.6 is 0 Å². The number of rotatable bonds is 3. The zero-order valence-corrected chi connectivity index (χ0v) is 12.2. The number of aromatic nitrogens is 2. The van der Waals surface area contributed by atoms with Crippen molar-refractivity contribution in [2.24, 2.45) is 0 Å². The van der Waals surface area contributed by atoms with Crippen LogP contribution in [0, 0.1) is 0 Å². The van der Waals surface area contributed by atoms with Crippen molar-refractivity contribution < 1.29 is 9.26 Å². The highest BCUT2D eigenvalue weighted by atomic mass is 16.5. The number of aryl methyl sites for hydroxylation is 1. The molecule has 0 bridgehead atoms. The average Bonchev–Trinajstić information content (AvgIpc) is 2.97.